The van der Waals surface area contributed by atoms with Crippen LogP contribution in [0.15, 0.2) is 18.2 Å². The minimum absolute atomic E-state index is 0.128. The van der Waals surface area contributed by atoms with Crippen molar-refractivity contribution in [1.29, 1.82) is 0 Å². The summed E-state index contributed by atoms with van der Waals surface area (Å²) in [6.45, 7) is 2.02. The Labute approximate surface area is 94.7 Å². The Morgan fingerprint density at radius 2 is 2.19 bits per heavy atom. The van der Waals surface area contributed by atoms with Crippen molar-refractivity contribution in [3.63, 3.8) is 0 Å². The lowest BCUT2D eigenvalue weighted by atomic mass is 10.1. The summed E-state index contributed by atoms with van der Waals surface area (Å²) in [5.41, 5.74) is 1.94. The minimum atomic E-state index is -0.946. The normalized spacial score (nSPS) is 9.38. The fourth-order valence-electron chi connectivity index (χ4n) is 1.21. The van der Waals surface area contributed by atoms with Crippen LogP contribution in [0.25, 0.3) is 0 Å². The van der Waals surface area contributed by atoms with Crippen molar-refractivity contribution in [3.8, 4) is 11.8 Å². The Hall–Kier alpha value is -1.79. The second-order valence-electron chi connectivity index (χ2n) is 3.46. The number of aliphatic hydroxyl groups excluding tert-OH is 1. The van der Waals surface area contributed by atoms with Crippen molar-refractivity contribution < 1.29 is 15.0 Å². The van der Waals surface area contributed by atoms with Gasteiger partial charge in [-0.3, -0.25) is 0 Å². The third kappa shape index (κ3) is 3.41. The first kappa shape index (κ1) is 12.3. The lowest BCUT2D eigenvalue weighted by Gasteiger charge is -1.99. The van der Waals surface area contributed by atoms with Crippen molar-refractivity contribution in [3.05, 3.63) is 34.9 Å². The van der Waals surface area contributed by atoms with Gasteiger partial charge in [-0.1, -0.05) is 17.9 Å². The molecule has 0 unspecified atom stereocenters. The Morgan fingerprint density at radius 1 is 1.44 bits per heavy atom. The number of hydrogen-bond acceptors (Lipinski definition) is 2. The van der Waals surface area contributed by atoms with Crippen molar-refractivity contribution in [2.24, 2.45) is 0 Å². The molecule has 0 heterocycles. The molecule has 0 aromatic heterocycles. The van der Waals surface area contributed by atoms with Crippen molar-refractivity contribution in [2.75, 3.05) is 6.61 Å². The molecule has 0 aliphatic carbocycles. The zero-order valence-corrected chi connectivity index (χ0v) is 9.16. The third-order valence-corrected chi connectivity index (χ3v) is 2.17. The zero-order chi connectivity index (χ0) is 12.0. The summed E-state index contributed by atoms with van der Waals surface area (Å²) in [6.07, 6.45) is 1.26. The van der Waals surface area contributed by atoms with Crippen LogP contribution in [0.4, 0.5) is 0 Å². The fraction of sp³-hybridized carbons (Fsp3) is 0.308. The van der Waals surface area contributed by atoms with Gasteiger partial charge in [0.1, 0.15) is 0 Å². The van der Waals surface area contributed by atoms with Crippen LogP contribution in [0.3, 0.4) is 0 Å². The number of aryl methyl sites for hydroxylation is 1. The van der Waals surface area contributed by atoms with Crippen LogP contribution < -0.4 is 0 Å². The molecule has 0 atom stereocenters. The lowest BCUT2D eigenvalue weighted by molar-refractivity contribution is 0.0697. The summed E-state index contributed by atoms with van der Waals surface area (Å²) < 4.78 is 0. The van der Waals surface area contributed by atoms with Gasteiger partial charge in [-0.25, -0.2) is 4.79 Å². The van der Waals surface area contributed by atoms with Gasteiger partial charge < -0.3 is 10.2 Å². The maximum atomic E-state index is 10.8. The van der Waals surface area contributed by atoms with E-state index in [1.165, 1.54) is 0 Å². The second-order valence-corrected chi connectivity index (χ2v) is 3.46. The van der Waals surface area contributed by atoms with E-state index in [9.17, 15) is 4.79 Å². The highest BCUT2D eigenvalue weighted by atomic mass is 16.4. The van der Waals surface area contributed by atoms with Gasteiger partial charge in [0.05, 0.1) is 5.56 Å². The predicted octanol–water partition coefficient (Wildman–Crippen LogP) is 1.82. The molecule has 0 aliphatic rings. The maximum Gasteiger partial charge on any atom is 0.335 e. The minimum Gasteiger partial charge on any atom is -0.478 e. The molecule has 0 amide bonds. The molecule has 0 spiro atoms. The first-order valence-electron chi connectivity index (χ1n) is 5.09. The quantitative estimate of drug-likeness (QED) is 0.601. The van der Waals surface area contributed by atoms with Gasteiger partial charge in [0.15, 0.2) is 0 Å². The molecule has 0 saturated heterocycles. The molecule has 16 heavy (non-hydrogen) atoms. The third-order valence-electron chi connectivity index (χ3n) is 2.17. The molecule has 2 N–H and O–H groups in total. The van der Waals surface area contributed by atoms with Crippen LogP contribution in [0.5, 0.6) is 0 Å². The zero-order valence-electron chi connectivity index (χ0n) is 9.16. The standard InChI is InChI=1S/C13H14O3/c1-10-6-7-12(13(15)16)9-11(10)5-3-2-4-8-14/h6-7,9,14H,2,4,8H2,1H3,(H,15,16). The molecule has 84 valence electrons. The smallest absolute Gasteiger partial charge is 0.335 e. The molecule has 0 bridgehead atoms. The van der Waals surface area contributed by atoms with Crippen LogP contribution in [-0.2, 0) is 0 Å². The van der Waals surface area contributed by atoms with E-state index in [4.69, 9.17) is 10.2 Å². The Kier molecular flexibility index (Phi) is 4.56. The molecule has 1 aromatic rings. The Bertz CT molecular complexity index is 438. The number of unbranched alkanes of at least 4 members (excludes halogenated alkanes) is 1. The Morgan fingerprint density at radius 3 is 2.81 bits per heavy atom. The highest BCUT2D eigenvalue weighted by Gasteiger charge is 2.03. The summed E-state index contributed by atoms with van der Waals surface area (Å²) in [5, 5.41) is 17.4. The summed E-state index contributed by atoms with van der Waals surface area (Å²) in [6, 6.07) is 4.89. The number of carboxylic acids is 1. The first-order chi connectivity index (χ1) is 7.65. The average molecular weight is 218 g/mol. The molecule has 0 saturated carbocycles. The van der Waals surface area contributed by atoms with Gasteiger partial charge in [-0.05, 0) is 31.0 Å². The number of carboxylic acid groups (broad SMARTS) is 1. The number of rotatable bonds is 3. The van der Waals surface area contributed by atoms with E-state index < -0.39 is 5.97 Å². The molecule has 3 heteroatoms. The van der Waals surface area contributed by atoms with Crippen LogP contribution >= 0.6 is 0 Å². The lowest BCUT2D eigenvalue weighted by Crippen LogP contribution is -1.97. The molecule has 0 fully saturated rings. The van der Waals surface area contributed by atoms with Crippen molar-refractivity contribution in [1.82, 2.24) is 0 Å². The van der Waals surface area contributed by atoms with Gasteiger partial charge in [0.25, 0.3) is 0 Å². The van der Waals surface area contributed by atoms with E-state index >= 15 is 0 Å². The predicted molar refractivity (Wildman–Crippen MR) is 61.3 cm³/mol. The van der Waals surface area contributed by atoms with Crippen LogP contribution in [0.1, 0.15) is 34.3 Å². The van der Waals surface area contributed by atoms with Crippen LogP contribution in [-0.4, -0.2) is 22.8 Å². The maximum absolute atomic E-state index is 10.8. The molecule has 0 aliphatic heterocycles. The molecule has 1 aromatic carbocycles. The SMILES string of the molecule is Cc1ccc(C(=O)O)cc1C#CCCCO. The van der Waals surface area contributed by atoms with Crippen molar-refractivity contribution >= 4 is 5.97 Å². The number of benzene rings is 1. The summed E-state index contributed by atoms with van der Waals surface area (Å²) in [7, 11) is 0. The Balaban J connectivity index is 2.88. The van der Waals surface area contributed by atoms with Gasteiger partial charge in [-0.2, -0.15) is 0 Å². The monoisotopic (exact) mass is 218 g/mol. The number of aliphatic hydroxyl groups is 1. The van der Waals surface area contributed by atoms with Crippen molar-refractivity contribution in [2.45, 2.75) is 19.8 Å². The van der Waals surface area contributed by atoms with Gasteiger partial charge in [0.2, 0.25) is 0 Å². The van der Waals surface area contributed by atoms with Gasteiger partial charge >= 0.3 is 5.97 Å². The number of carbonyl (C=O) groups is 1. The molecule has 1 rings (SSSR count). The largest absolute Gasteiger partial charge is 0.478 e. The van der Waals surface area contributed by atoms with Gasteiger partial charge in [-0.15, -0.1) is 0 Å². The van der Waals surface area contributed by atoms with E-state index in [1.54, 1.807) is 18.2 Å². The fourth-order valence-corrected chi connectivity index (χ4v) is 1.21. The highest BCUT2D eigenvalue weighted by molar-refractivity contribution is 5.88. The van der Waals surface area contributed by atoms with E-state index in [1.807, 2.05) is 6.92 Å². The summed E-state index contributed by atoms with van der Waals surface area (Å²) >= 11 is 0. The number of hydrogen-bond donors (Lipinski definition) is 2. The molecule has 3 nitrogen and oxygen atoms in total. The molecule has 0 radical (unpaired) electrons. The molecular weight excluding hydrogens is 204 g/mol. The van der Waals surface area contributed by atoms with E-state index in [-0.39, 0.29) is 12.2 Å². The van der Waals surface area contributed by atoms with Gasteiger partial charge in [0, 0.05) is 18.6 Å². The van der Waals surface area contributed by atoms with E-state index in [0.717, 1.165) is 11.1 Å². The first-order valence-corrected chi connectivity index (χ1v) is 5.09. The van der Waals surface area contributed by atoms with Crippen LogP contribution in [0, 0.1) is 18.8 Å². The summed E-state index contributed by atoms with van der Waals surface area (Å²) in [4.78, 5) is 10.8. The van der Waals surface area contributed by atoms with E-state index in [0.29, 0.717) is 12.8 Å². The summed E-state index contributed by atoms with van der Waals surface area (Å²) in [5.74, 6) is 4.88. The van der Waals surface area contributed by atoms with Crippen LogP contribution in [0.2, 0.25) is 0 Å². The topological polar surface area (TPSA) is 57.5 Å². The average Bonchev–Trinajstić information content (AvgIpc) is 2.26. The highest BCUT2D eigenvalue weighted by Crippen LogP contribution is 2.10. The molecular formula is C13H14O3. The number of aromatic carboxylic acids is 1. The second kappa shape index (κ2) is 5.94. The van der Waals surface area contributed by atoms with E-state index in [2.05, 4.69) is 11.8 Å².